The third kappa shape index (κ3) is 12.7. The molecule has 0 aliphatic carbocycles. The highest BCUT2D eigenvalue weighted by Gasteiger charge is 2.50. The molecule has 3 aromatic carbocycles. The highest BCUT2D eigenvalue weighted by Crippen LogP contribution is 2.35. The van der Waals surface area contributed by atoms with Gasteiger partial charge in [0.1, 0.15) is 16.8 Å². The summed E-state index contributed by atoms with van der Waals surface area (Å²) in [5, 5.41) is 0. The van der Waals surface area contributed by atoms with E-state index >= 15 is 0 Å². The molecule has 0 aromatic heterocycles. The molecule has 0 atom stereocenters. The Balaban J connectivity index is 1.80. The van der Waals surface area contributed by atoms with E-state index in [1.807, 2.05) is 133 Å². The Morgan fingerprint density at radius 1 is 0.413 bits per heavy atom. The van der Waals surface area contributed by atoms with Gasteiger partial charge >= 0.3 is 8.80 Å². The zero-order valence-corrected chi connectivity index (χ0v) is 30.4. The van der Waals surface area contributed by atoms with Crippen molar-refractivity contribution in [3.05, 3.63) is 108 Å². The van der Waals surface area contributed by atoms with Gasteiger partial charge in [-0.05, 0) is 64.7 Å². The smallest absolute Gasteiger partial charge is 0.232 e. The van der Waals surface area contributed by atoms with Crippen molar-refractivity contribution in [3.63, 3.8) is 0 Å². The van der Waals surface area contributed by atoms with Crippen LogP contribution in [0.5, 0.6) is 0 Å². The zero-order chi connectivity index (χ0) is 33.4. The van der Waals surface area contributed by atoms with E-state index in [9.17, 15) is 0 Å². The first-order chi connectivity index (χ1) is 22.0. The number of rotatable bonds is 23. The summed E-state index contributed by atoms with van der Waals surface area (Å²) in [5.41, 5.74) is 0.545. The fraction of sp³-hybridized carbons (Fsp3) is 0.538. The highest BCUT2D eigenvalue weighted by atomic mass is 28.4. The molecule has 0 amide bonds. The second-order valence-electron chi connectivity index (χ2n) is 13.7. The average molecular weight is 651 g/mol. The lowest BCUT2D eigenvalue weighted by Gasteiger charge is -2.35. The van der Waals surface area contributed by atoms with Crippen LogP contribution in [0.1, 0.15) is 129 Å². The van der Waals surface area contributed by atoms with Crippen LogP contribution in [0.4, 0.5) is 0 Å². The monoisotopic (exact) mass is 650 g/mol. The Morgan fingerprint density at radius 3 is 1.00 bits per heavy atom. The van der Waals surface area contributed by atoms with E-state index in [0.717, 1.165) is 36.0 Å². The van der Waals surface area contributed by atoms with Crippen LogP contribution >= 0.6 is 0 Å². The fourth-order valence-corrected chi connectivity index (χ4v) is 7.18. The summed E-state index contributed by atoms with van der Waals surface area (Å²) in [6.07, 6.45) is 12.1. The maximum Gasteiger partial charge on any atom is 0.584 e. The Hall–Kier alpha value is -2.36. The Labute approximate surface area is 279 Å². The van der Waals surface area contributed by atoms with E-state index in [1.165, 1.54) is 44.9 Å². The quantitative estimate of drug-likeness (QED) is 0.0440. The van der Waals surface area contributed by atoms with Crippen molar-refractivity contribution in [2.45, 2.75) is 136 Å². The van der Waals surface area contributed by atoms with Crippen LogP contribution in [0.3, 0.4) is 0 Å². The molecule has 254 valence electrons. The Morgan fingerprint density at radius 2 is 0.696 bits per heavy atom. The van der Waals surface area contributed by atoms with Crippen LogP contribution in [0, 0.1) is 0 Å². The van der Waals surface area contributed by atoms with Crippen LogP contribution in [0.25, 0.3) is 0 Å². The first-order valence-electron chi connectivity index (χ1n) is 17.3. The van der Waals surface area contributed by atoms with E-state index in [4.69, 9.17) is 28.4 Å². The number of benzene rings is 3. The van der Waals surface area contributed by atoms with Gasteiger partial charge in [-0.2, -0.15) is 0 Å². The molecule has 7 heteroatoms. The summed E-state index contributed by atoms with van der Waals surface area (Å²) >= 11 is 0. The molecule has 0 saturated heterocycles. The summed E-state index contributed by atoms with van der Waals surface area (Å²) < 4.78 is 19.0. The van der Waals surface area contributed by atoms with Gasteiger partial charge < -0.3 is 0 Å². The first-order valence-corrected chi connectivity index (χ1v) is 19.2. The van der Waals surface area contributed by atoms with Crippen molar-refractivity contribution in [2.75, 3.05) is 0 Å². The standard InChI is InChI=1S/C39H58O6Si/c1-8-9-10-11-12-13-14-15-16-26-33-46(43-40-37(2,3)34-27-20-17-21-28-34,44-41-38(4,5)35-29-22-18-23-30-35)45-42-39(6,7)36-31-24-19-25-32-36/h17-25,27-32H,8-16,26,33H2,1-7H3. The molecule has 6 nitrogen and oxygen atoms in total. The molecule has 0 aliphatic rings. The zero-order valence-electron chi connectivity index (χ0n) is 29.4. The highest BCUT2D eigenvalue weighted by molar-refractivity contribution is 6.59. The van der Waals surface area contributed by atoms with Crippen molar-refractivity contribution in [1.82, 2.24) is 0 Å². The van der Waals surface area contributed by atoms with E-state index in [1.54, 1.807) is 0 Å². The predicted molar refractivity (Wildman–Crippen MR) is 187 cm³/mol. The van der Waals surface area contributed by atoms with Crippen LogP contribution in [-0.2, 0) is 45.2 Å². The largest absolute Gasteiger partial charge is 0.584 e. The molecule has 46 heavy (non-hydrogen) atoms. The summed E-state index contributed by atoms with van der Waals surface area (Å²) in [6, 6.07) is 30.4. The van der Waals surface area contributed by atoms with Crippen molar-refractivity contribution >= 4 is 8.80 Å². The molecule has 0 bridgehead atoms. The lowest BCUT2D eigenvalue weighted by molar-refractivity contribution is -0.419. The first kappa shape index (κ1) is 38.1. The van der Waals surface area contributed by atoms with Crippen molar-refractivity contribution < 1.29 is 28.4 Å². The normalized spacial score (nSPS) is 12.8. The van der Waals surface area contributed by atoms with Gasteiger partial charge in [0.2, 0.25) is 0 Å². The average Bonchev–Trinajstić information content (AvgIpc) is 3.07. The fourth-order valence-electron chi connectivity index (χ4n) is 5.16. The van der Waals surface area contributed by atoms with Gasteiger partial charge in [0.15, 0.2) is 0 Å². The number of hydrogen-bond acceptors (Lipinski definition) is 6. The molecule has 0 spiro atoms. The minimum Gasteiger partial charge on any atom is -0.232 e. The van der Waals surface area contributed by atoms with Crippen LogP contribution < -0.4 is 0 Å². The van der Waals surface area contributed by atoms with E-state index in [-0.39, 0.29) is 0 Å². The minimum absolute atomic E-state index is 0.462. The van der Waals surface area contributed by atoms with Gasteiger partial charge in [-0.25, -0.2) is 28.4 Å². The molecule has 0 fully saturated rings. The van der Waals surface area contributed by atoms with Crippen molar-refractivity contribution in [2.24, 2.45) is 0 Å². The lowest BCUT2D eigenvalue weighted by Crippen LogP contribution is -2.50. The molecule has 0 N–H and O–H groups in total. The molecular weight excluding hydrogens is 593 g/mol. The summed E-state index contributed by atoms with van der Waals surface area (Å²) in [5.74, 6) is 0. The van der Waals surface area contributed by atoms with Crippen LogP contribution in [0.2, 0.25) is 6.04 Å². The summed E-state index contributed by atoms with van der Waals surface area (Å²) in [6.45, 7) is 14.0. The SMILES string of the molecule is CCCCCCCCCCCC[Si](OOC(C)(C)c1ccccc1)(OOC(C)(C)c1ccccc1)OOC(C)(C)c1ccccc1. The van der Waals surface area contributed by atoms with Gasteiger partial charge in [-0.3, -0.25) is 0 Å². The number of unbranched alkanes of at least 4 members (excludes halogenated alkanes) is 9. The number of hydrogen-bond donors (Lipinski definition) is 0. The Kier molecular flexibility index (Phi) is 15.6. The molecule has 3 aromatic rings. The third-order valence-corrected chi connectivity index (χ3v) is 10.4. The lowest BCUT2D eigenvalue weighted by atomic mass is 9.99. The van der Waals surface area contributed by atoms with E-state index in [2.05, 4.69) is 6.92 Å². The van der Waals surface area contributed by atoms with E-state index in [0.29, 0.717) is 6.04 Å². The molecule has 0 aliphatic heterocycles. The van der Waals surface area contributed by atoms with Crippen LogP contribution in [-0.4, -0.2) is 8.80 Å². The van der Waals surface area contributed by atoms with Gasteiger partial charge in [0.25, 0.3) is 0 Å². The molecule has 0 radical (unpaired) electrons. The third-order valence-electron chi connectivity index (χ3n) is 8.37. The van der Waals surface area contributed by atoms with Gasteiger partial charge in [-0.1, -0.05) is 156 Å². The maximum atomic E-state index is 6.34. The Bertz CT molecular complexity index is 1080. The second kappa shape index (κ2) is 18.8. The van der Waals surface area contributed by atoms with Crippen LogP contribution in [0.15, 0.2) is 91.0 Å². The maximum absolute atomic E-state index is 6.34. The molecule has 0 heterocycles. The van der Waals surface area contributed by atoms with Crippen molar-refractivity contribution in [1.29, 1.82) is 0 Å². The van der Waals surface area contributed by atoms with Crippen molar-refractivity contribution in [3.8, 4) is 0 Å². The summed E-state index contributed by atoms with van der Waals surface area (Å²) in [4.78, 5) is 18.7. The molecule has 3 rings (SSSR count). The second-order valence-corrected chi connectivity index (χ2v) is 16.1. The van der Waals surface area contributed by atoms with E-state index < -0.39 is 25.6 Å². The molecule has 0 saturated carbocycles. The van der Waals surface area contributed by atoms with Gasteiger partial charge in [0, 0.05) is 6.04 Å². The molecular formula is C39H58O6Si. The topological polar surface area (TPSA) is 55.4 Å². The minimum atomic E-state index is -3.78. The molecule has 0 unspecified atom stereocenters. The van der Waals surface area contributed by atoms with Gasteiger partial charge in [0.05, 0.1) is 0 Å². The van der Waals surface area contributed by atoms with Gasteiger partial charge in [-0.15, -0.1) is 0 Å². The summed E-state index contributed by atoms with van der Waals surface area (Å²) in [7, 11) is -3.78. The predicted octanol–water partition coefficient (Wildman–Crippen LogP) is 11.5.